The fourth-order valence-corrected chi connectivity index (χ4v) is 2.66. The van der Waals surface area contributed by atoms with Gasteiger partial charge in [0.25, 0.3) is 0 Å². The lowest BCUT2D eigenvalue weighted by atomic mass is 9.81. The van der Waals surface area contributed by atoms with E-state index in [1.807, 2.05) is 60.7 Å². The van der Waals surface area contributed by atoms with Crippen LogP contribution in [0.5, 0.6) is 0 Å². The van der Waals surface area contributed by atoms with E-state index in [1.165, 1.54) is 0 Å². The molecule has 0 bridgehead atoms. The minimum Gasteiger partial charge on any atom is -0.389 e. The molecule has 0 aliphatic rings. The second-order valence-corrected chi connectivity index (χ2v) is 5.68. The lowest BCUT2D eigenvalue weighted by Crippen LogP contribution is -2.54. The van der Waals surface area contributed by atoms with Crippen molar-refractivity contribution in [3.8, 4) is 0 Å². The predicted octanol–water partition coefficient (Wildman–Crippen LogP) is 0.883. The van der Waals surface area contributed by atoms with Crippen LogP contribution < -0.4 is 5.73 Å². The van der Waals surface area contributed by atoms with E-state index in [4.69, 9.17) is 5.73 Å². The Morgan fingerprint density at radius 3 is 1.59 bits per heavy atom. The fourth-order valence-electron chi connectivity index (χ4n) is 2.66. The molecule has 0 saturated heterocycles. The number of hydrogen-bond donors (Lipinski definition) is 4. The number of benzene rings is 2. The van der Waals surface area contributed by atoms with E-state index in [1.54, 1.807) is 0 Å². The van der Waals surface area contributed by atoms with E-state index in [0.717, 1.165) is 11.1 Å². The largest absolute Gasteiger partial charge is 0.389 e. The van der Waals surface area contributed by atoms with Crippen molar-refractivity contribution in [2.45, 2.75) is 30.7 Å². The third-order valence-corrected chi connectivity index (χ3v) is 3.86. The van der Waals surface area contributed by atoms with Crippen LogP contribution in [0, 0.1) is 0 Å². The van der Waals surface area contributed by atoms with Gasteiger partial charge in [-0.3, -0.25) is 0 Å². The van der Waals surface area contributed by atoms with E-state index in [-0.39, 0.29) is 19.4 Å². The second-order valence-electron chi connectivity index (χ2n) is 5.68. The minimum absolute atomic E-state index is 0.104. The van der Waals surface area contributed by atoms with Gasteiger partial charge >= 0.3 is 0 Å². The van der Waals surface area contributed by atoms with Gasteiger partial charge in [0.1, 0.15) is 11.7 Å². The molecule has 2 atom stereocenters. The highest BCUT2D eigenvalue weighted by molar-refractivity contribution is 5.22. The van der Waals surface area contributed by atoms with Crippen LogP contribution in [-0.4, -0.2) is 39.7 Å². The average Bonchev–Trinajstić information content (AvgIpc) is 2.55. The molecule has 0 fully saturated rings. The zero-order valence-electron chi connectivity index (χ0n) is 12.5. The van der Waals surface area contributed by atoms with E-state index >= 15 is 0 Å². The van der Waals surface area contributed by atoms with Crippen LogP contribution in [-0.2, 0) is 12.8 Å². The number of hydrogen-bond acceptors (Lipinski definition) is 4. The molecular weight excluding hydrogens is 278 g/mol. The van der Waals surface area contributed by atoms with Crippen molar-refractivity contribution in [1.82, 2.24) is 0 Å². The summed E-state index contributed by atoms with van der Waals surface area (Å²) < 4.78 is 0. The maximum Gasteiger partial charge on any atom is 0.110 e. The summed E-state index contributed by atoms with van der Waals surface area (Å²) in [6.45, 7) is -0.104. The Bertz CT molecular complexity index is 518. The molecule has 0 saturated carbocycles. The summed E-state index contributed by atoms with van der Waals surface area (Å²) in [4.78, 5) is 0. The summed E-state index contributed by atoms with van der Waals surface area (Å²) in [5, 5.41) is 31.3. The second kappa shape index (κ2) is 7.51. The molecule has 0 amide bonds. The van der Waals surface area contributed by atoms with E-state index < -0.39 is 17.8 Å². The van der Waals surface area contributed by atoms with Gasteiger partial charge in [0.2, 0.25) is 0 Å². The van der Waals surface area contributed by atoms with Gasteiger partial charge in [-0.25, -0.2) is 0 Å². The number of aliphatic hydroxyl groups is 3. The summed E-state index contributed by atoms with van der Waals surface area (Å²) in [6.07, 6.45) is -2.02. The van der Waals surface area contributed by atoms with Crippen molar-refractivity contribution >= 4 is 0 Å². The van der Waals surface area contributed by atoms with Gasteiger partial charge in [-0.05, 0) is 11.1 Å². The van der Waals surface area contributed by atoms with Crippen LogP contribution in [0.1, 0.15) is 11.1 Å². The molecule has 2 aromatic carbocycles. The molecule has 22 heavy (non-hydrogen) atoms. The molecule has 0 heterocycles. The first-order valence-corrected chi connectivity index (χ1v) is 7.41. The van der Waals surface area contributed by atoms with E-state index in [2.05, 4.69) is 0 Å². The lowest BCUT2D eigenvalue weighted by molar-refractivity contribution is -0.122. The predicted molar refractivity (Wildman–Crippen MR) is 86.3 cm³/mol. The maximum absolute atomic E-state index is 11.0. The smallest absolute Gasteiger partial charge is 0.110 e. The van der Waals surface area contributed by atoms with Crippen LogP contribution in [0.2, 0.25) is 0 Å². The molecule has 4 heteroatoms. The van der Waals surface area contributed by atoms with Gasteiger partial charge < -0.3 is 21.1 Å². The van der Waals surface area contributed by atoms with Gasteiger partial charge in [-0.2, -0.15) is 0 Å². The molecule has 118 valence electrons. The molecule has 4 nitrogen and oxygen atoms in total. The number of rotatable bonds is 7. The maximum atomic E-state index is 11.0. The van der Waals surface area contributed by atoms with Gasteiger partial charge in [0, 0.05) is 19.4 Å². The van der Waals surface area contributed by atoms with Crippen molar-refractivity contribution in [2.75, 3.05) is 6.54 Å². The first-order chi connectivity index (χ1) is 10.5. The highest BCUT2D eigenvalue weighted by Gasteiger charge is 2.39. The summed E-state index contributed by atoms with van der Waals surface area (Å²) >= 11 is 0. The molecular formula is C18H23NO3. The molecule has 5 N–H and O–H groups in total. The van der Waals surface area contributed by atoms with E-state index in [0.29, 0.717) is 0 Å². The Morgan fingerprint density at radius 1 is 0.818 bits per heavy atom. The van der Waals surface area contributed by atoms with Gasteiger partial charge in [-0.1, -0.05) is 60.7 Å². The molecule has 2 aromatic rings. The van der Waals surface area contributed by atoms with Gasteiger partial charge in [0.15, 0.2) is 0 Å². The highest BCUT2D eigenvalue weighted by atomic mass is 16.4. The van der Waals surface area contributed by atoms with Crippen LogP contribution in [0.25, 0.3) is 0 Å². The van der Waals surface area contributed by atoms with Crippen LogP contribution in [0.4, 0.5) is 0 Å². The third kappa shape index (κ3) is 4.15. The average molecular weight is 301 g/mol. The Labute approximate surface area is 130 Å². The van der Waals surface area contributed by atoms with Crippen molar-refractivity contribution in [2.24, 2.45) is 5.73 Å². The zero-order valence-corrected chi connectivity index (χ0v) is 12.5. The number of nitrogens with two attached hydrogens (primary N) is 1. The SMILES string of the molecule is NCC(O)C(O)C(O)(Cc1ccccc1)Cc1ccccc1. The molecule has 0 aliphatic carbocycles. The summed E-state index contributed by atoms with van der Waals surface area (Å²) in [6, 6.07) is 18.8. The van der Waals surface area contributed by atoms with Crippen molar-refractivity contribution in [3.63, 3.8) is 0 Å². The van der Waals surface area contributed by atoms with Crippen molar-refractivity contribution < 1.29 is 15.3 Å². The Kier molecular flexibility index (Phi) is 5.69. The lowest BCUT2D eigenvalue weighted by Gasteiger charge is -2.35. The quantitative estimate of drug-likeness (QED) is 0.611. The monoisotopic (exact) mass is 301 g/mol. The third-order valence-electron chi connectivity index (χ3n) is 3.86. The first kappa shape index (κ1) is 16.6. The highest BCUT2D eigenvalue weighted by Crippen LogP contribution is 2.25. The molecule has 0 spiro atoms. The molecule has 0 aliphatic heterocycles. The van der Waals surface area contributed by atoms with E-state index in [9.17, 15) is 15.3 Å². The standard InChI is InChI=1S/C18H23NO3/c19-13-16(20)17(21)18(22,11-14-7-3-1-4-8-14)12-15-9-5-2-6-10-15/h1-10,16-17,20-22H,11-13,19H2. The van der Waals surface area contributed by atoms with Crippen LogP contribution in [0.3, 0.4) is 0 Å². The molecule has 0 radical (unpaired) electrons. The van der Waals surface area contributed by atoms with Crippen molar-refractivity contribution in [1.29, 1.82) is 0 Å². The van der Waals surface area contributed by atoms with Crippen LogP contribution >= 0.6 is 0 Å². The summed E-state index contributed by atoms with van der Waals surface area (Å²) in [5.41, 5.74) is 5.74. The Balaban J connectivity index is 2.27. The van der Waals surface area contributed by atoms with Gasteiger partial charge in [-0.15, -0.1) is 0 Å². The molecule has 2 rings (SSSR count). The first-order valence-electron chi connectivity index (χ1n) is 7.41. The Hall–Kier alpha value is -1.72. The van der Waals surface area contributed by atoms with Crippen molar-refractivity contribution in [3.05, 3.63) is 71.8 Å². The number of aliphatic hydroxyl groups excluding tert-OH is 2. The topological polar surface area (TPSA) is 86.7 Å². The zero-order chi connectivity index (χ0) is 16.0. The summed E-state index contributed by atoms with van der Waals surface area (Å²) in [5.74, 6) is 0. The molecule has 2 unspecified atom stereocenters. The summed E-state index contributed by atoms with van der Waals surface area (Å²) in [7, 11) is 0. The normalized spacial score (nSPS) is 14.5. The van der Waals surface area contributed by atoms with Gasteiger partial charge in [0.05, 0.1) is 6.10 Å². The fraction of sp³-hybridized carbons (Fsp3) is 0.333. The molecule has 0 aromatic heterocycles. The van der Waals surface area contributed by atoms with Crippen LogP contribution in [0.15, 0.2) is 60.7 Å². The minimum atomic E-state index is -1.48. The Morgan fingerprint density at radius 2 is 1.23 bits per heavy atom.